The van der Waals surface area contributed by atoms with Gasteiger partial charge in [0.15, 0.2) is 5.75 Å². The highest BCUT2D eigenvalue weighted by molar-refractivity contribution is 9.10. The van der Waals surface area contributed by atoms with Crippen LogP contribution in [0.15, 0.2) is 53.0 Å². The highest BCUT2D eigenvalue weighted by Crippen LogP contribution is 2.45. The highest BCUT2D eigenvalue weighted by Gasteiger charge is 2.49. The van der Waals surface area contributed by atoms with Gasteiger partial charge in [-0.25, -0.2) is 0 Å². The molecule has 0 aliphatic heterocycles. The van der Waals surface area contributed by atoms with E-state index in [1.54, 1.807) is 6.07 Å². The van der Waals surface area contributed by atoms with Gasteiger partial charge in [-0.1, -0.05) is 42.5 Å². The molecule has 0 fully saturated rings. The molecule has 0 atom stereocenters. The lowest BCUT2D eigenvalue weighted by molar-refractivity contribution is -0.0499. The molecule has 0 amide bonds. The zero-order valence-corrected chi connectivity index (χ0v) is 17.7. The van der Waals surface area contributed by atoms with Gasteiger partial charge >= 0.3 is 15.6 Å². The van der Waals surface area contributed by atoms with Crippen LogP contribution in [0, 0.1) is 13.8 Å². The predicted molar refractivity (Wildman–Crippen MR) is 112 cm³/mol. The molecule has 0 unspecified atom stereocenters. The summed E-state index contributed by atoms with van der Waals surface area (Å²) in [4.78, 5) is 0. The second-order valence-electron chi connectivity index (χ2n) is 6.81. The molecule has 8 heteroatoms. The third-order valence-electron chi connectivity index (χ3n) is 4.92. The van der Waals surface area contributed by atoms with Crippen LogP contribution in [0.25, 0.3) is 32.3 Å². The van der Waals surface area contributed by atoms with Crippen molar-refractivity contribution in [1.29, 1.82) is 0 Å². The molecular weight excluding hydrogens is 469 g/mol. The zero-order chi connectivity index (χ0) is 21.1. The van der Waals surface area contributed by atoms with Crippen molar-refractivity contribution in [3.8, 4) is 5.75 Å². The van der Waals surface area contributed by atoms with Crippen LogP contribution in [0.2, 0.25) is 0 Å². The Balaban J connectivity index is 2.25. The van der Waals surface area contributed by atoms with Gasteiger partial charge in [-0.15, -0.1) is 0 Å². The Morgan fingerprint density at radius 1 is 0.862 bits per heavy atom. The van der Waals surface area contributed by atoms with Gasteiger partial charge in [-0.2, -0.15) is 21.6 Å². The fourth-order valence-corrected chi connectivity index (χ4v) is 4.83. The van der Waals surface area contributed by atoms with Gasteiger partial charge in [0.05, 0.1) is 4.47 Å². The Hall–Kier alpha value is -2.32. The fraction of sp³-hybridized carbons (Fsp3) is 0.143. The maximum atomic E-state index is 13.0. The normalized spacial score (nSPS) is 12.8. The Labute approximate surface area is 173 Å². The minimum absolute atomic E-state index is 0.133. The van der Waals surface area contributed by atoms with Crippen molar-refractivity contribution in [2.75, 3.05) is 0 Å². The van der Waals surface area contributed by atoms with Crippen molar-refractivity contribution in [3.63, 3.8) is 0 Å². The van der Waals surface area contributed by atoms with E-state index in [0.717, 1.165) is 27.3 Å². The van der Waals surface area contributed by atoms with Gasteiger partial charge in [-0.05, 0) is 68.5 Å². The van der Waals surface area contributed by atoms with Crippen molar-refractivity contribution >= 4 is 58.4 Å². The molecule has 0 N–H and O–H groups in total. The number of hydrogen-bond donors (Lipinski definition) is 0. The maximum Gasteiger partial charge on any atom is 0.534 e. The molecule has 0 aliphatic carbocycles. The van der Waals surface area contributed by atoms with Crippen LogP contribution in [0.5, 0.6) is 5.75 Å². The first-order chi connectivity index (χ1) is 13.5. The minimum atomic E-state index is -5.84. The average Bonchev–Trinajstić information content (AvgIpc) is 2.64. The lowest BCUT2D eigenvalue weighted by Crippen LogP contribution is -2.28. The number of halogens is 4. The van der Waals surface area contributed by atoms with Crippen LogP contribution >= 0.6 is 15.9 Å². The van der Waals surface area contributed by atoms with E-state index in [0.29, 0.717) is 16.2 Å². The largest absolute Gasteiger partial charge is 0.534 e. The molecular formula is C21H14BrF3O3S. The van der Waals surface area contributed by atoms with Crippen molar-refractivity contribution in [1.82, 2.24) is 0 Å². The van der Waals surface area contributed by atoms with E-state index in [4.69, 9.17) is 0 Å². The quantitative estimate of drug-likeness (QED) is 0.180. The number of hydrogen-bond acceptors (Lipinski definition) is 3. The van der Waals surface area contributed by atoms with Gasteiger partial charge in [0.25, 0.3) is 0 Å². The molecule has 150 valence electrons. The molecule has 0 aromatic heterocycles. The van der Waals surface area contributed by atoms with E-state index < -0.39 is 15.6 Å². The predicted octanol–water partition coefficient (Wildman–Crippen LogP) is 6.75. The summed E-state index contributed by atoms with van der Waals surface area (Å²) in [5.41, 5.74) is -3.83. The van der Waals surface area contributed by atoms with E-state index in [-0.39, 0.29) is 10.2 Å². The number of rotatable bonds is 2. The molecule has 0 saturated carbocycles. The van der Waals surface area contributed by atoms with Crippen molar-refractivity contribution in [3.05, 3.63) is 64.1 Å². The molecule has 4 aromatic carbocycles. The summed E-state index contributed by atoms with van der Waals surface area (Å²) in [6.45, 7) is 3.72. The van der Waals surface area contributed by atoms with E-state index in [2.05, 4.69) is 20.1 Å². The van der Waals surface area contributed by atoms with Gasteiger partial charge in [0, 0.05) is 10.8 Å². The van der Waals surface area contributed by atoms with Crippen LogP contribution in [-0.4, -0.2) is 13.9 Å². The first-order valence-electron chi connectivity index (χ1n) is 8.56. The molecule has 0 saturated heterocycles. The minimum Gasteiger partial charge on any atom is -0.374 e. The lowest BCUT2D eigenvalue weighted by atomic mass is 9.91. The SMILES string of the molecule is Cc1cc(Br)c(OS(=O)(=O)C(F)(F)F)c2c1cc(C)c1ccc3ccccc3c12. The molecule has 29 heavy (non-hydrogen) atoms. The summed E-state index contributed by atoms with van der Waals surface area (Å²) in [6.07, 6.45) is 0. The van der Waals surface area contributed by atoms with Crippen LogP contribution in [0.4, 0.5) is 13.2 Å². The van der Waals surface area contributed by atoms with Crippen molar-refractivity contribution in [2.45, 2.75) is 19.4 Å². The third kappa shape index (κ3) is 3.14. The van der Waals surface area contributed by atoms with Gasteiger partial charge in [0.2, 0.25) is 0 Å². The van der Waals surface area contributed by atoms with Crippen LogP contribution < -0.4 is 4.18 Å². The van der Waals surface area contributed by atoms with E-state index in [1.807, 2.05) is 56.3 Å². The maximum absolute atomic E-state index is 13.0. The average molecular weight is 483 g/mol. The second-order valence-corrected chi connectivity index (χ2v) is 9.21. The van der Waals surface area contributed by atoms with E-state index in [1.165, 1.54) is 0 Å². The number of alkyl halides is 3. The summed E-state index contributed by atoms with van der Waals surface area (Å²) < 4.78 is 67.5. The molecule has 4 aromatic rings. The Morgan fingerprint density at radius 2 is 1.52 bits per heavy atom. The molecule has 0 heterocycles. The Bertz CT molecular complexity index is 1410. The van der Waals surface area contributed by atoms with Crippen molar-refractivity contribution in [2.24, 2.45) is 0 Å². The highest BCUT2D eigenvalue weighted by atomic mass is 79.9. The summed E-state index contributed by atoms with van der Waals surface area (Å²) >= 11 is 3.20. The van der Waals surface area contributed by atoms with E-state index >= 15 is 0 Å². The lowest BCUT2D eigenvalue weighted by Gasteiger charge is -2.18. The van der Waals surface area contributed by atoms with Gasteiger partial charge < -0.3 is 4.18 Å². The topological polar surface area (TPSA) is 43.4 Å². The number of benzene rings is 4. The van der Waals surface area contributed by atoms with Crippen molar-refractivity contribution < 1.29 is 25.8 Å². The fourth-order valence-electron chi connectivity index (χ4n) is 3.61. The van der Waals surface area contributed by atoms with Crippen LogP contribution in [-0.2, 0) is 10.1 Å². The van der Waals surface area contributed by atoms with Crippen LogP contribution in [0.1, 0.15) is 11.1 Å². The molecule has 3 nitrogen and oxygen atoms in total. The van der Waals surface area contributed by atoms with E-state index in [9.17, 15) is 21.6 Å². The number of fused-ring (bicyclic) bond motifs is 5. The molecule has 0 spiro atoms. The first-order valence-corrected chi connectivity index (χ1v) is 10.8. The first kappa shape index (κ1) is 20.0. The summed E-state index contributed by atoms with van der Waals surface area (Å²) in [5.74, 6) is -0.371. The monoisotopic (exact) mass is 482 g/mol. The second kappa shape index (κ2) is 6.60. The third-order valence-corrected chi connectivity index (χ3v) is 6.46. The zero-order valence-electron chi connectivity index (χ0n) is 15.3. The summed E-state index contributed by atoms with van der Waals surface area (Å²) in [6, 6.07) is 14.6. The molecule has 4 rings (SSSR count). The molecule has 0 bridgehead atoms. The smallest absolute Gasteiger partial charge is 0.374 e. The Morgan fingerprint density at radius 3 is 2.21 bits per heavy atom. The molecule has 0 aliphatic rings. The molecule has 0 radical (unpaired) electrons. The van der Waals surface area contributed by atoms with Gasteiger partial charge in [-0.3, -0.25) is 0 Å². The summed E-state index contributed by atoms with van der Waals surface area (Å²) in [7, 11) is -5.84. The van der Waals surface area contributed by atoms with Gasteiger partial charge in [0.1, 0.15) is 0 Å². The summed E-state index contributed by atoms with van der Waals surface area (Å²) in [5, 5.41) is 4.08. The van der Waals surface area contributed by atoms with Crippen LogP contribution in [0.3, 0.4) is 0 Å². The number of aryl methyl sites for hydroxylation is 2. The Kier molecular flexibility index (Phi) is 4.55. The standard InChI is InChI=1S/C21H14BrF3O3S/c1-11-9-16-12(2)10-17(22)20(28-29(26,27)21(23,24)25)19(16)18-14(11)8-7-13-5-3-4-6-15(13)18/h3-10H,1-2H3.